The van der Waals surface area contributed by atoms with Crippen LogP contribution in [-0.4, -0.2) is 37.6 Å². The molecule has 1 aliphatic rings. The van der Waals surface area contributed by atoms with E-state index in [9.17, 15) is 0 Å². The van der Waals surface area contributed by atoms with Crippen molar-refractivity contribution in [3.63, 3.8) is 0 Å². The van der Waals surface area contributed by atoms with Crippen molar-refractivity contribution in [3.8, 4) is 0 Å². The molecule has 0 bridgehead atoms. The topological polar surface area (TPSA) is 15.3 Å². The first-order valence-corrected chi connectivity index (χ1v) is 9.15. The summed E-state index contributed by atoms with van der Waals surface area (Å²) in [7, 11) is 6.64. The van der Waals surface area contributed by atoms with Crippen molar-refractivity contribution in [2.45, 2.75) is 50.6 Å². The second kappa shape index (κ2) is 7.42. The number of rotatable bonds is 5. The molecule has 1 fully saturated rings. The number of nitrogens with one attached hydrogen (secondary N) is 1. The molecule has 0 amide bonds. The SMILES string of the molecule is CNC(Cc1ccc(I)cc1)C1(N(C)C)CCC(C)CC1. The fraction of sp³-hybridized carbons (Fsp3) is 0.667. The third-order valence-electron chi connectivity index (χ3n) is 5.38. The molecule has 1 unspecified atom stereocenters. The summed E-state index contributed by atoms with van der Waals surface area (Å²) in [5, 5.41) is 3.63. The average molecular weight is 400 g/mol. The van der Waals surface area contributed by atoms with Crippen molar-refractivity contribution in [2.75, 3.05) is 21.1 Å². The van der Waals surface area contributed by atoms with Crippen molar-refractivity contribution in [1.82, 2.24) is 10.2 Å². The van der Waals surface area contributed by atoms with Crippen molar-refractivity contribution in [3.05, 3.63) is 33.4 Å². The van der Waals surface area contributed by atoms with E-state index in [4.69, 9.17) is 0 Å². The molecule has 0 radical (unpaired) electrons. The normalized spacial score (nSPS) is 27.8. The van der Waals surface area contributed by atoms with Crippen LogP contribution in [0.5, 0.6) is 0 Å². The van der Waals surface area contributed by atoms with E-state index in [1.54, 1.807) is 0 Å². The highest BCUT2D eigenvalue weighted by molar-refractivity contribution is 14.1. The molecule has 2 nitrogen and oxygen atoms in total. The lowest BCUT2D eigenvalue weighted by Crippen LogP contribution is -2.60. The van der Waals surface area contributed by atoms with Gasteiger partial charge in [-0.05, 0) is 99.5 Å². The molecule has 2 rings (SSSR count). The third kappa shape index (κ3) is 3.99. The van der Waals surface area contributed by atoms with E-state index in [0.29, 0.717) is 11.6 Å². The van der Waals surface area contributed by atoms with E-state index >= 15 is 0 Å². The van der Waals surface area contributed by atoms with Gasteiger partial charge < -0.3 is 10.2 Å². The molecule has 1 N–H and O–H groups in total. The third-order valence-corrected chi connectivity index (χ3v) is 6.10. The van der Waals surface area contributed by atoms with Gasteiger partial charge in [-0.1, -0.05) is 19.1 Å². The van der Waals surface area contributed by atoms with Crippen molar-refractivity contribution < 1.29 is 0 Å². The van der Waals surface area contributed by atoms with E-state index in [-0.39, 0.29) is 0 Å². The second-order valence-electron chi connectivity index (χ2n) is 6.85. The standard InChI is InChI=1S/C18H29IN2/c1-14-9-11-18(12-10-14,21(3)4)17(20-2)13-15-5-7-16(19)8-6-15/h5-8,14,17,20H,9-13H2,1-4H3. The monoisotopic (exact) mass is 400 g/mol. The summed E-state index contributed by atoms with van der Waals surface area (Å²) in [5.41, 5.74) is 1.74. The molecule has 1 atom stereocenters. The zero-order chi connectivity index (χ0) is 15.5. The maximum atomic E-state index is 3.63. The van der Waals surface area contributed by atoms with E-state index in [1.165, 1.54) is 34.8 Å². The molecular formula is C18H29IN2. The molecule has 0 aromatic heterocycles. The van der Waals surface area contributed by atoms with Gasteiger partial charge >= 0.3 is 0 Å². The fourth-order valence-electron chi connectivity index (χ4n) is 3.79. The molecule has 118 valence electrons. The van der Waals surface area contributed by atoms with E-state index in [2.05, 4.69) is 85.1 Å². The molecule has 1 saturated carbocycles. The summed E-state index contributed by atoms with van der Waals surface area (Å²) in [6.07, 6.45) is 6.42. The van der Waals surface area contributed by atoms with Gasteiger partial charge in [-0.2, -0.15) is 0 Å². The highest BCUT2D eigenvalue weighted by Crippen LogP contribution is 2.38. The summed E-state index contributed by atoms with van der Waals surface area (Å²) in [6.45, 7) is 2.40. The van der Waals surface area contributed by atoms with Crippen LogP contribution in [0, 0.1) is 9.49 Å². The van der Waals surface area contributed by atoms with E-state index in [1.807, 2.05) is 0 Å². The van der Waals surface area contributed by atoms with Gasteiger partial charge in [0.1, 0.15) is 0 Å². The smallest absolute Gasteiger partial charge is 0.0359 e. The first-order chi connectivity index (χ1) is 9.98. The predicted molar refractivity (Wildman–Crippen MR) is 99.8 cm³/mol. The van der Waals surface area contributed by atoms with Gasteiger partial charge in [0.15, 0.2) is 0 Å². The summed E-state index contributed by atoms with van der Waals surface area (Å²) in [5.74, 6) is 0.883. The number of likely N-dealkylation sites (N-methyl/N-ethyl adjacent to an activating group) is 2. The molecule has 0 heterocycles. The van der Waals surface area contributed by atoms with Crippen molar-refractivity contribution >= 4 is 22.6 Å². The van der Waals surface area contributed by atoms with Gasteiger partial charge in [-0.15, -0.1) is 0 Å². The molecule has 0 aliphatic heterocycles. The van der Waals surface area contributed by atoms with Crippen LogP contribution in [0.25, 0.3) is 0 Å². The van der Waals surface area contributed by atoms with Gasteiger partial charge in [-0.25, -0.2) is 0 Å². The molecule has 0 saturated heterocycles. The number of nitrogens with zero attached hydrogens (tertiary/aromatic N) is 1. The van der Waals surface area contributed by atoms with Gasteiger partial charge in [0.25, 0.3) is 0 Å². The number of halogens is 1. The number of hydrogen-bond donors (Lipinski definition) is 1. The van der Waals surface area contributed by atoms with Gasteiger partial charge in [0, 0.05) is 15.2 Å². The molecule has 1 aliphatic carbocycles. The van der Waals surface area contributed by atoms with Crippen LogP contribution in [0.15, 0.2) is 24.3 Å². The summed E-state index contributed by atoms with van der Waals surface area (Å²) >= 11 is 2.37. The Labute approximate surface area is 143 Å². The molecule has 0 spiro atoms. The predicted octanol–water partition coefficient (Wildman–Crippen LogP) is 3.93. The summed E-state index contributed by atoms with van der Waals surface area (Å²) in [4.78, 5) is 2.48. The number of hydrogen-bond acceptors (Lipinski definition) is 2. The first kappa shape index (κ1) is 17.2. The minimum Gasteiger partial charge on any atom is -0.315 e. The number of benzene rings is 1. The minimum absolute atomic E-state index is 0.296. The Morgan fingerprint density at radius 2 is 1.81 bits per heavy atom. The molecule has 3 heteroatoms. The van der Waals surface area contributed by atoms with Crippen LogP contribution in [-0.2, 0) is 6.42 Å². The lowest BCUT2D eigenvalue weighted by Gasteiger charge is -2.50. The summed E-state index contributed by atoms with van der Waals surface area (Å²) < 4.78 is 1.31. The van der Waals surface area contributed by atoms with Crippen LogP contribution < -0.4 is 5.32 Å². The minimum atomic E-state index is 0.296. The lowest BCUT2D eigenvalue weighted by molar-refractivity contribution is 0.0461. The quantitative estimate of drug-likeness (QED) is 0.754. The Hall–Kier alpha value is -0.130. The van der Waals surface area contributed by atoms with Gasteiger partial charge in [0.05, 0.1) is 0 Å². The van der Waals surface area contributed by atoms with Gasteiger partial charge in [-0.3, -0.25) is 0 Å². The summed E-state index contributed by atoms with van der Waals surface area (Å²) in [6, 6.07) is 9.50. The largest absolute Gasteiger partial charge is 0.315 e. The molecule has 1 aromatic rings. The van der Waals surface area contributed by atoms with Crippen LogP contribution in [0.4, 0.5) is 0 Å². The Bertz CT molecular complexity index is 433. The highest BCUT2D eigenvalue weighted by Gasteiger charge is 2.42. The Balaban J connectivity index is 2.18. The van der Waals surface area contributed by atoms with Crippen LogP contribution in [0.2, 0.25) is 0 Å². The van der Waals surface area contributed by atoms with E-state index in [0.717, 1.165) is 12.3 Å². The van der Waals surface area contributed by atoms with Crippen molar-refractivity contribution in [2.24, 2.45) is 5.92 Å². The Morgan fingerprint density at radius 1 is 1.24 bits per heavy atom. The fourth-order valence-corrected chi connectivity index (χ4v) is 4.15. The zero-order valence-electron chi connectivity index (χ0n) is 13.8. The average Bonchev–Trinajstić information content (AvgIpc) is 2.48. The molecule has 21 heavy (non-hydrogen) atoms. The zero-order valence-corrected chi connectivity index (χ0v) is 16.0. The van der Waals surface area contributed by atoms with Crippen LogP contribution in [0.3, 0.4) is 0 Å². The van der Waals surface area contributed by atoms with Crippen LogP contribution in [0.1, 0.15) is 38.2 Å². The molecule has 1 aromatic carbocycles. The van der Waals surface area contributed by atoms with Gasteiger partial charge in [0.2, 0.25) is 0 Å². The molecular weight excluding hydrogens is 371 g/mol. The maximum Gasteiger partial charge on any atom is 0.0359 e. The Morgan fingerprint density at radius 3 is 2.29 bits per heavy atom. The Kier molecular flexibility index (Phi) is 6.09. The lowest BCUT2D eigenvalue weighted by atomic mass is 9.70. The van der Waals surface area contributed by atoms with E-state index < -0.39 is 0 Å². The highest BCUT2D eigenvalue weighted by atomic mass is 127. The first-order valence-electron chi connectivity index (χ1n) is 8.07. The van der Waals surface area contributed by atoms with Crippen LogP contribution >= 0.6 is 22.6 Å². The van der Waals surface area contributed by atoms with Crippen molar-refractivity contribution in [1.29, 1.82) is 0 Å². The second-order valence-corrected chi connectivity index (χ2v) is 8.10. The maximum absolute atomic E-state index is 3.63.